The lowest BCUT2D eigenvalue weighted by Crippen LogP contribution is -2.32. The molecule has 1 aromatic heterocycles. The maximum absolute atomic E-state index is 6.06. The van der Waals surface area contributed by atoms with Gasteiger partial charge in [-0.05, 0) is 44.7 Å². The van der Waals surface area contributed by atoms with Crippen LogP contribution in [0.1, 0.15) is 19.4 Å². The molecule has 0 radical (unpaired) electrons. The molecule has 0 fully saturated rings. The van der Waals surface area contributed by atoms with Crippen molar-refractivity contribution in [2.24, 2.45) is 7.05 Å². The van der Waals surface area contributed by atoms with E-state index in [1.54, 1.807) is 0 Å². The third-order valence-electron chi connectivity index (χ3n) is 3.25. The van der Waals surface area contributed by atoms with Crippen LogP contribution in [0.15, 0.2) is 24.4 Å². The maximum Gasteiger partial charge on any atom is 0.0482 e. The Morgan fingerprint density at radius 3 is 2.62 bits per heavy atom. The SMILES string of the molecule is CNC(C)(C)c1cn(C)c2ccc(Cl)cc12. The molecule has 2 rings (SSSR count). The van der Waals surface area contributed by atoms with E-state index in [0.29, 0.717) is 0 Å². The summed E-state index contributed by atoms with van der Waals surface area (Å²) in [5, 5.41) is 5.33. The molecule has 1 N–H and O–H groups in total. The van der Waals surface area contributed by atoms with E-state index in [4.69, 9.17) is 11.6 Å². The molecule has 3 heteroatoms. The van der Waals surface area contributed by atoms with Gasteiger partial charge in [0, 0.05) is 34.7 Å². The molecule has 0 unspecified atom stereocenters. The highest BCUT2D eigenvalue weighted by molar-refractivity contribution is 6.31. The Bertz CT molecular complexity index is 526. The topological polar surface area (TPSA) is 17.0 Å². The van der Waals surface area contributed by atoms with Crippen LogP contribution in [0, 0.1) is 0 Å². The van der Waals surface area contributed by atoms with Crippen molar-refractivity contribution in [3.8, 4) is 0 Å². The van der Waals surface area contributed by atoms with E-state index in [1.807, 2.05) is 19.2 Å². The first-order chi connectivity index (χ1) is 7.45. The van der Waals surface area contributed by atoms with E-state index in [9.17, 15) is 0 Å². The van der Waals surface area contributed by atoms with Crippen molar-refractivity contribution in [2.45, 2.75) is 19.4 Å². The lowest BCUT2D eigenvalue weighted by molar-refractivity contribution is 0.447. The summed E-state index contributed by atoms with van der Waals surface area (Å²) in [4.78, 5) is 0. The number of rotatable bonds is 2. The van der Waals surface area contributed by atoms with Gasteiger partial charge in [-0.15, -0.1) is 0 Å². The number of nitrogens with one attached hydrogen (secondary N) is 1. The Morgan fingerprint density at radius 2 is 2.00 bits per heavy atom. The molecule has 86 valence electrons. The monoisotopic (exact) mass is 236 g/mol. The first kappa shape index (κ1) is 11.5. The fourth-order valence-electron chi connectivity index (χ4n) is 2.00. The summed E-state index contributed by atoms with van der Waals surface area (Å²) in [5.41, 5.74) is 2.43. The Hall–Kier alpha value is -0.990. The Balaban J connectivity index is 2.75. The molecule has 0 aliphatic carbocycles. The summed E-state index contributed by atoms with van der Waals surface area (Å²) in [6, 6.07) is 6.03. The van der Waals surface area contributed by atoms with E-state index in [0.717, 1.165) is 5.02 Å². The van der Waals surface area contributed by atoms with Crippen LogP contribution in [-0.4, -0.2) is 11.6 Å². The average Bonchev–Trinajstić information content (AvgIpc) is 2.56. The maximum atomic E-state index is 6.06. The van der Waals surface area contributed by atoms with Gasteiger partial charge in [-0.2, -0.15) is 0 Å². The number of nitrogens with zero attached hydrogens (tertiary/aromatic N) is 1. The number of halogens is 1. The van der Waals surface area contributed by atoms with Gasteiger partial charge in [0.25, 0.3) is 0 Å². The van der Waals surface area contributed by atoms with Gasteiger partial charge in [0.2, 0.25) is 0 Å². The van der Waals surface area contributed by atoms with Crippen molar-refractivity contribution >= 4 is 22.5 Å². The molecule has 0 saturated carbocycles. The fraction of sp³-hybridized carbons (Fsp3) is 0.385. The van der Waals surface area contributed by atoms with Crippen LogP contribution in [0.2, 0.25) is 5.02 Å². The quantitative estimate of drug-likeness (QED) is 0.847. The van der Waals surface area contributed by atoms with Crippen molar-refractivity contribution in [3.05, 3.63) is 35.0 Å². The Labute approximate surface area is 101 Å². The smallest absolute Gasteiger partial charge is 0.0482 e. The number of aryl methyl sites for hydroxylation is 1. The van der Waals surface area contributed by atoms with Gasteiger partial charge in [0.15, 0.2) is 0 Å². The molecule has 0 bridgehead atoms. The highest BCUT2D eigenvalue weighted by Crippen LogP contribution is 2.31. The number of fused-ring (bicyclic) bond motifs is 1. The molecule has 0 spiro atoms. The van der Waals surface area contributed by atoms with Crippen molar-refractivity contribution in [1.29, 1.82) is 0 Å². The second-order valence-electron chi connectivity index (χ2n) is 4.69. The van der Waals surface area contributed by atoms with Crippen LogP contribution < -0.4 is 5.32 Å². The molecule has 0 aliphatic heterocycles. The molecular weight excluding hydrogens is 220 g/mol. The van der Waals surface area contributed by atoms with Gasteiger partial charge in [0.1, 0.15) is 0 Å². The highest BCUT2D eigenvalue weighted by atomic mass is 35.5. The summed E-state index contributed by atoms with van der Waals surface area (Å²) in [5.74, 6) is 0. The van der Waals surface area contributed by atoms with Crippen LogP contribution in [0.25, 0.3) is 10.9 Å². The molecule has 0 aliphatic rings. The number of aromatic nitrogens is 1. The number of hydrogen-bond acceptors (Lipinski definition) is 1. The van der Waals surface area contributed by atoms with Gasteiger partial charge >= 0.3 is 0 Å². The van der Waals surface area contributed by atoms with Crippen molar-refractivity contribution in [2.75, 3.05) is 7.05 Å². The second kappa shape index (κ2) is 3.79. The normalized spacial score (nSPS) is 12.3. The lowest BCUT2D eigenvalue weighted by atomic mass is 9.94. The zero-order chi connectivity index (χ0) is 11.9. The highest BCUT2D eigenvalue weighted by Gasteiger charge is 2.22. The first-order valence-corrected chi connectivity index (χ1v) is 5.77. The van der Waals surface area contributed by atoms with Crippen LogP contribution in [0.5, 0.6) is 0 Å². The predicted octanol–water partition coefficient (Wildman–Crippen LogP) is 3.29. The second-order valence-corrected chi connectivity index (χ2v) is 5.13. The summed E-state index contributed by atoms with van der Waals surface area (Å²) >= 11 is 6.06. The van der Waals surface area contributed by atoms with E-state index < -0.39 is 0 Å². The third kappa shape index (κ3) is 1.72. The molecule has 2 aromatic rings. The minimum Gasteiger partial charge on any atom is -0.350 e. The predicted molar refractivity (Wildman–Crippen MR) is 70.0 cm³/mol. The molecule has 2 nitrogen and oxygen atoms in total. The summed E-state index contributed by atoms with van der Waals surface area (Å²) in [6.07, 6.45) is 2.16. The fourth-order valence-corrected chi connectivity index (χ4v) is 2.17. The standard InChI is InChI=1S/C13H17ClN2/c1-13(2,15-3)11-8-16(4)12-6-5-9(14)7-10(11)12/h5-8,15H,1-4H3. The first-order valence-electron chi connectivity index (χ1n) is 5.39. The zero-order valence-corrected chi connectivity index (χ0v) is 10.9. The van der Waals surface area contributed by atoms with E-state index >= 15 is 0 Å². The summed E-state index contributed by atoms with van der Waals surface area (Å²) in [7, 11) is 4.04. The van der Waals surface area contributed by atoms with Gasteiger partial charge < -0.3 is 9.88 Å². The minimum absolute atomic E-state index is 0.0514. The van der Waals surface area contributed by atoms with Crippen molar-refractivity contribution in [3.63, 3.8) is 0 Å². The number of benzene rings is 1. The summed E-state index contributed by atoms with van der Waals surface area (Å²) in [6.45, 7) is 4.34. The zero-order valence-electron chi connectivity index (χ0n) is 10.1. The van der Waals surface area contributed by atoms with Gasteiger partial charge in [0.05, 0.1) is 0 Å². The van der Waals surface area contributed by atoms with Crippen LogP contribution in [0.3, 0.4) is 0 Å². The summed E-state index contributed by atoms with van der Waals surface area (Å²) < 4.78 is 2.14. The van der Waals surface area contributed by atoms with E-state index in [2.05, 4.69) is 43.0 Å². The lowest BCUT2D eigenvalue weighted by Gasteiger charge is -2.23. The molecule has 16 heavy (non-hydrogen) atoms. The molecule has 0 atom stereocenters. The van der Waals surface area contributed by atoms with Gasteiger partial charge in [-0.3, -0.25) is 0 Å². The molecule has 1 heterocycles. The third-order valence-corrected chi connectivity index (χ3v) is 3.48. The van der Waals surface area contributed by atoms with Crippen LogP contribution in [-0.2, 0) is 12.6 Å². The van der Waals surface area contributed by atoms with Crippen molar-refractivity contribution in [1.82, 2.24) is 9.88 Å². The average molecular weight is 237 g/mol. The van der Waals surface area contributed by atoms with Crippen LogP contribution >= 0.6 is 11.6 Å². The molecule has 0 amide bonds. The van der Waals surface area contributed by atoms with Gasteiger partial charge in [-0.1, -0.05) is 11.6 Å². The van der Waals surface area contributed by atoms with Crippen LogP contribution in [0.4, 0.5) is 0 Å². The Morgan fingerprint density at radius 1 is 1.31 bits per heavy atom. The largest absolute Gasteiger partial charge is 0.350 e. The van der Waals surface area contributed by atoms with E-state index in [-0.39, 0.29) is 5.54 Å². The van der Waals surface area contributed by atoms with Crippen molar-refractivity contribution < 1.29 is 0 Å². The Kier molecular flexibility index (Phi) is 2.72. The van der Waals surface area contributed by atoms with E-state index in [1.165, 1.54) is 16.5 Å². The molecular formula is C13H17ClN2. The molecule has 0 saturated heterocycles. The minimum atomic E-state index is -0.0514. The van der Waals surface area contributed by atoms with Gasteiger partial charge in [-0.25, -0.2) is 0 Å². The molecule has 1 aromatic carbocycles. The number of hydrogen-bond donors (Lipinski definition) is 1.